The lowest BCUT2D eigenvalue weighted by molar-refractivity contribution is -0.140. The maximum Gasteiger partial charge on any atom is 0.244 e. The Kier molecular flexibility index (Phi) is 10.1. The maximum atomic E-state index is 13.6. The molecule has 0 heterocycles. The van der Waals surface area contributed by atoms with Gasteiger partial charge in [-0.05, 0) is 42.0 Å². The summed E-state index contributed by atoms with van der Waals surface area (Å²) in [5, 5.41) is 2.92. The number of nitrogens with one attached hydrogen (secondary N) is 1. The molecule has 186 valence electrons. The molecule has 2 amide bonds. The Hall–Kier alpha value is -2.87. The summed E-state index contributed by atoms with van der Waals surface area (Å²) in [7, 11) is -3.73. The zero-order valence-electron chi connectivity index (χ0n) is 20.8. The van der Waals surface area contributed by atoms with Gasteiger partial charge in [-0.2, -0.15) is 0 Å². The van der Waals surface area contributed by atoms with E-state index in [4.69, 9.17) is 0 Å². The van der Waals surface area contributed by atoms with Crippen molar-refractivity contribution in [2.24, 2.45) is 5.92 Å². The Morgan fingerprint density at radius 3 is 2.06 bits per heavy atom. The third-order valence-electron chi connectivity index (χ3n) is 5.58. The van der Waals surface area contributed by atoms with Crippen LogP contribution in [0.1, 0.15) is 45.2 Å². The second kappa shape index (κ2) is 12.6. The van der Waals surface area contributed by atoms with Gasteiger partial charge in [0.05, 0.1) is 11.9 Å². The molecule has 2 aromatic rings. The molecule has 8 heteroatoms. The molecule has 0 spiro atoms. The molecule has 1 N–H and O–H groups in total. The molecule has 1 unspecified atom stereocenters. The van der Waals surface area contributed by atoms with Gasteiger partial charge in [0.15, 0.2) is 0 Å². The molecule has 0 aliphatic carbocycles. The van der Waals surface area contributed by atoms with E-state index >= 15 is 0 Å². The van der Waals surface area contributed by atoms with Crippen molar-refractivity contribution in [3.63, 3.8) is 0 Å². The monoisotopic (exact) mass is 487 g/mol. The van der Waals surface area contributed by atoms with Crippen LogP contribution < -0.4 is 9.62 Å². The van der Waals surface area contributed by atoms with Crippen molar-refractivity contribution in [3.8, 4) is 0 Å². The van der Waals surface area contributed by atoms with Crippen LogP contribution in [0.3, 0.4) is 0 Å². The summed E-state index contributed by atoms with van der Waals surface area (Å²) >= 11 is 0. The number of sulfonamides is 1. The topological polar surface area (TPSA) is 86.8 Å². The van der Waals surface area contributed by atoms with Gasteiger partial charge < -0.3 is 10.2 Å². The van der Waals surface area contributed by atoms with Crippen LogP contribution in [0.2, 0.25) is 0 Å². The quantitative estimate of drug-likeness (QED) is 0.496. The van der Waals surface area contributed by atoms with Crippen molar-refractivity contribution < 1.29 is 18.0 Å². The summed E-state index contributed by atoms with van der Waals surface area (Å²) in [6.07, 6.45) is 2.32. The molecule has 1 atom stereocenters. The van der Waals surface area contributed by atoms with Gasteiger partial charge in [-0.1, -0.05) is 70.2 Å². The fraction of sp³-hybridized carbons (Fsp3) is 0.462. The van der Waals surface area contributed by atoms with Crippen molar-refractivity contribution in [2.75, 3.05) is 23.7 Å². The number of carbonyl (C=O) groups excluding carboxylic acids is 2. The standard InChI is InChI=1S/C26H37N3O4S/c1-6-21-13-15-23(16-14-21)29(34(5,32)33)19-25(30)28(18-22-11-9-8-10-12-22)24(7-2)26(31)27-17-20(3)4/h8-16,20,24H,6-7,17-19H2,1-5H3,(H,27,31). The molecule has 0 saturated heterocycles. The highest BCUT2D eigenvalue weighted by Gasteiger charge is 2.31. The van der Waals surface area contributed by atoms with Gasteiger partial charge in [-0.15, -0.1) is 0 Å². The van der Waals surface area contributed by atoms with Crippen molar-refractivity contribution in [1.82, 2.24) is 10.2 Å². The fourth-order valence-corrected chi connectivity index (χ4v) is 4.48. The SMILES string of the molecule is CCc1ccc(N(CC(=O)N(Cc2ccccc2)C(CC)C(=O)NCC(C)C)S(C)(=O)=O)cc1. The van der Waals surface area contributed by atoms with Gasteiger partial charge >= 0.3 is 0 Å². The Balaban J connectivity index is 2.38. The molecule has 2 aromatic carbocycles. The Bertz CT molecular complexity index is 1040. The van der Waals surface area contributed by atoms with Crippen LogP contribution in [0.25, 0.3) is 0 Å². The lowest BCUT2D eigenvalue weighted by Crippen LogP contribution is -2.52. The Labute approximate surface area is 204 Å². The third kappa shape index (κ3) is 7.87. The molecule has 34 heavy (non-hydrogen) atoms. The van der Waals surface area contributed by atoms with Crippen LogP contribution in [0, 0.1) is 5.92 Å². The van der Waals surface area contributed by atoms with Crippen LogP contribution in [-0.4, -0.2) is 50.5 Å². The number of hydrogen-bond acceptors (Lipinski definition) is 4. The molecular weight excluding hydrogens is 450 g/mol. The third-order valence-corrected chi connectivity index (χ3v) is 6.72. The summed E-state index contributed by atoms with van der Waals surface area (Å²) in [4.78, 5) is 28.1. The van der Waals surface area contributed by atoms with Crippen LogP contribution in [-0.2, 0) is 32.6 Å². The highest BCUT2D eigenvalue weighted by molar-refractivity contribution is 7.92. The maximum absolute atomic E-state index is 13.6. The number of amides is 2. The Morgan fingerprint density at radius 2 is 1.56 bits per heavy atom. The summed E-state index contributed by atoms with van der Waals surface area (Å²) < 4.78 is 26.4. The molecule has 7 nitrogen and oxygen atoms in total. The van der Waals surface area contributed by atoms with Crippen LogP contribution in [0.5, 0.6) is 0 Å². The first kappa shape index (κ1) is 27.4. The molecule has 0 aliphatic rings. The lowest BCUT2D eigenvalue weighted by Gasteiger charge is -2.33. The number of anilines is 1. The fourth-order valence-electron chi connectivity index (χ4n) is 3.63. The van der Waals surface area contributed by atoms with Gasteiger partial charge in [0.2, 0.25) is 21.8 Å². The van der Waals surface area contributed by atoms with Crippen molar-refractivity contribution in [1.29, 1.82) is 0 Å². The van der Waals surface area contributed by atoms with E-state index in [0.29, 0.717) is 18.7 Å². The summed E-state index contributed by atoms with van der Waals surface area (Å²) in [6.45, 7) is 8.20. The minimum Gasteiger partial charge on any atom is -0.354 e. The van der Waals surface area contributed by atoms with Gasteiger partial charge in [-0.3, -0.25) is 13.9 Å². The predicted molar refractivity (Wildman–Crippen MR) is 137 cm³/mol. The van der Waals surface area contributed by atoms with E-state index in [1.54, 1.807) is 12.1 Å². The first-order chi connectivity index (χ1) is 16.1. The zero-order chi connectivity index (χ0) is 25.3. The van der Waals surface area contributed by atoms with E-state index in [2.05, 4.69) is 5.32 Å². The normalized spacial score (nSPS) is 12.3. The van der Waals surface area contributed by atoms with E-state index in [9.17, 15) is 18.0 Å². The van der Waals surface area contributed by atoms with Crippen molar-refractivity contribution >= 4 is 27.5 Å². The van der Waals surface area contributed by atoms with Gasteiger partial charge in [0, 0.05) is 13.1 Å². The number of benzene rings is 2. The van der Waals surface area contributed by atoms with E-state index in [-0.39, 0.29) is 24.9 Å². The number of nitrogens with zero attached hydrogens (tertiary/aromatic N) is 2. The molecule has 0 aliphatic heterocycles. The molecule has 0 fully saturated rings. The number of carbonyl (C=O) groups is 2. The van der Waals surface area contributed by atoms with Gasteiger partial charge in [0.1, 0.15) is 12.6 Å². The van der Waals surface area contributed by atoms with Crippen LogP contribution in [0.15, 0.2) is 54.6 Å². The zero-order valence-corrected chi connectivity index (χ0v) is 21.6. The van der Waals surface area contributed by atoms with E-state index in [1.807, 2.05) is 70.2 Å². The number of aryl methyl sites for hydroxylation is 1. The Morgan fingerprint density at radius 1 is 0.941 bits per heavy atom. The molecule has 0 bridgehead atoms. The molecular formula is C26H37N3O4S. The summed E-state index contributed by atoms with van der Waals surface area (Å²) in [5.74, 6) is -0.398. The smallest absolute Gasteiger partial charge is 0.244 e. The second-order valence-corrected chi connectivity index (χ2v) is 10.8. The molecule has 2 rings (SSSR count). The minimum atomic E-state index is -3.73. The molecule has 0 radical (unpaired) electrons. The first-order valence-corrected chi connectivity index (χ1v) is 13.6. The number of rotatable bonds is 12. The average Bonchev–Trinajstić information content (AvgIpc) is 2.81. The van der Waals surface area contributed by atoms with Crippen molar-refractivity contribution in [2.45, 2.75) is 53.1 Å². The number of hydrogen-bond donors (Lipinski definition) is 1. The highest BCUT2D eigenvalue weighted by Crippen LogP contribution is 2.20. The predicted octanol–water partition coefficient (Wildman–Crippen LogP) is 3.59. The molecule has 0 saturated carbocycles. The van der Waals surface area contributed by atoms with Gasteiger partial charge in [0.25, 0.3) is 0 Å². The van der Waals surface area contributed by atoms with E-state index in [1.165, 1.54) is 4.90 Å². The average molecular weight is 488 g/mol. The van der Waals surface area contributed by atoms with Crippen LogP contribution >= 0.6 is 0 Å². The van der Waals surface area contributed by atoms with E-state index in [0.717, 1.165) is 28.1 Å². The largest absolute Gasteiger partial charge is 0.354 e. The van der Waals surface area contributed by atoms with E-state index < -0.39 is 22.0 Å². The van der Waals surface area contributed by atoms with Crippen molar-refractivity contribution in [3.05, 3.63) is 65.7 Å². The second-order valence-electron chi connectivity index (χ2n) is 8.86. The minimum absolute atomic E-state index is 0.208. The summed E-state index contributed by atoms with van der Waals surface area (Å²) in [5.41, 5.74) is 2.36. The highest BCUT2D eigenvalue weighted by atomic mass is 32.2. The van der Waals surface area contributed by atoms with Gasteiger partial charge in [-0.25, -0.2) is 8.42 Å². The lowest BCUT2D eigenvalue weighted by atomic mass is 10.1. The summed E-state index contributed by atoms with van der Waals surface area (Å²) in [6, 6.07) is 15.8. The van der Waals surface area contributed by atoms with Crippen LogP contribution in [0.4, 0.5) is 5.69 Å². The first-order valence-electron chi connectivity index (χ1n) is 11.7. The molecule has 0 aromatic heterocycles.